The van der Waals surface area contributed by atoms with E-state index in [-0.39, 0.29) is 22.6 Å². The standard InChI is InChI=1S/C9H8F2INO/c1-4(14)5-2-6(9(10)11)7(12)3-8(5)13/h2-3,9H,13H2,1H3. The molecule has 0 aliphatic heterocycles. The van der Waals surface area contributed by atoms with E-state index < -0.39 is 6.43 Å². The van der Waals surface area contributed by atoms with Gasteiger partial charge in [0.2, 0.25) is 0 Å². The van der Waals surface area contributed by atoms with Crippen LogP contribution in [0.3, 0.4) is 0 Å². The van der Waals surface area contributed by atoms with Gasteiger partial charge in [0, 0.05) is 20.4 Å². The number of nitrogens with two attached hydrogens (primary N) is 1. The average molecular weight is 311 g/mol. The smallest absolute Gasteiger partial charge is 0.264 e. The molecule has 2 N–H and O–H groups in total. The van der Waals surface area contributed by atoms with Crippen LogP contribution in [0.1, 0.15) is 29.3 Å². The monoisotopic (exact) mass is 311 g/mol. The van der Waals surface area contributed by atoms with Gasteiger partial charge in [-0.3, -0.25) is 4.79 Å². The van der Waals surface area contributed by atoms with Crippen molar-refractivity contribution in [3.63, 3.8) is 0 Å². The van der Waals surface area contributed by atoms with E-state index in [9.17, 15) is 13.6 Å². The largest absolute Gasteiger partial charge is 0.398 e. The van der Waals surface area contributed by atoms with E-state index in [0.717, 1.165) is 6.07 Å². The molecule has 0 heterocycles. The number of benzene rings is 1. The Hall–Kier alpha value is -0.720. The summed E-state index contributed by atoms with van der Waals surface area (Å²) in [5, 5.41) is 0. The lowest BCUT2D eigenvalue weighted by Crippen LogP contribution is -2.03. The number of nitrogen functional groups attached to an aromatic ring is 1. The van der Waals surface area contributed by atoms with E-state index in [0.29, 0.717) is 3.57 Å². The summed E-state index contributed by atoms with van der Waals surface area (Å²) >= 11 is 1.77. The van der Waals surface area contributed by atoms with Gasteiger partial charge in [0.15, 0.2) is 5.78 Å². The summed E-state index contributed by atoms with van der Waals surface area (Å²) < 4.78 is 25.3. The highest BCUT2D eigenvalue weighted by molar-refractivity contribution is 14.1. The number of carbonyl (C=O) groups excluding carboxylic acids is 1. The fourth-order valence-corrected chi connectivity index (χ4v) is 1.80. The van der Waals surface area contributed by atoms with Crippen molar-refractivity contribution in [2.75, 3.05) is 5.73 Å². The van der Waals surface area contributed by atoms with Gasteiger partial charge >= 0.3 is 0 Å². The Balaban J connectivity index is 3.34. The number of hydrogen-bond donors (Lipinski definition) is 1. The zero-order valence-electron chi connectivity index (χ0n) is 7.35. The van der Waals surface area contributed by atoms with Crippen molar-refractivity contribution in [1.29, 1.82) is 0 Å². The number of halogens is 3. The van der Waals surface area contributed by atoms with Gasteiger partial charge in [0.25, 0.3) is 6.43 Å². The lowest BCUT2D eigenvalue weighted by molar-refractivity contribution is 0.101. The second-order valence-corrected chi connectivity index (χ2v) is 3.98. The SMILES string of the molecule is CC(=O)c1cc(C(F)F)c(I)cc1N. The molecule has 2 nitrogen and oxygen atoms in total. The molecule has 0 spiro atoms. The van der Waals surface area contributed by atoms with Crippen LogP contribution in [0.25, 0.3) is 0 Å². The molecular formula is C9H8F2INO. The molecule has 0 saturated heterocycles. The summed E-state index contributed by atoms with van der Waals surface area (Å²) in [5.74, 6) is -0.305. The van der Waals surface area contributed by atoms with Crippen LogP contribution in [0.5, 0.6) is 0 Å². The Morgan fingerprint density at radius 1 is 1.50 bits per heavy atom. The van der Waals surface area contributed by atoms with Crippen LogP contribution >= 0.6 is 22.6 Å². The van der Waals surface area contributed by atoms with Gasteiger partial charge < -0.3 is 5.73 Å². The highest BCUT2D eigenvalue weighted by atomic mass is 127. The minimum atomic E-state index is -2.58. The van der Waals surface area contributed by atoms with Gasteiger partial charge in [0.1, 0.15) is 0 Å². The molecule has 0 amide bonds. The van der Waals surface area contributed by atoms with E-state index in [1.807, 2.05) is 0 Å². The Morgan fingerprint density at radius 2 is 2.07 bits per heavy atom. The third-order valence-electron chi connectivity index (χ3n) is 1.78. The molecule has 76 valence electrons. The molecule has 1 rings (SSSR count). The fraction of sp³-hybridized carbons (Fsp3) is 0.222. The van der Waals surface area contributed by atoms with Crippen LogP contribution in [0.2, 0.25) is 0 Å². The molecule has 0 radical (unpaired) electrons. The number of carbonyl (C=O) groups is 1. The van der Waals surface area contributed by atoms with Crippen LogP contribution in [0.15, 0.2) is 12.1 Å². The molecule has 0 saturated carbocycles. The third-order valence-corrected chi connectivity index (χ3v) is 2.72. The Morgan fingerprint density at radius 3 is 2.50 bits per heavy atom. The second kappa shape index (κ2) is 4.20. The molecule has 1 aromatic rings. The van der Waals surface area contributed by atoms with E-state index in [2.05, 4.69) is 0 Å². The number of alkyl halides is 2. The first-order valence-corrected chi connectivity index (χ1v) is 4.89. The average Bonchev–Trinajstić information content (AvgIpc) is 2.02. The van der Waals surface area contributed by atoms with E-state index in [1.165, 1.54) is 13.0 Å². The quantitative estimate of drug-likeness (QED) is 0.518. The van der Waals surface area contributed by atoms with Crippen LogP contribution < -0.4 is 5.73 Å². The van der Waals surface area contributed by atoms with Crippen molar-refractivity contribution in [1.82, 2.24) is 0 Å². The van der Waals surface area contributed by atoms with Crippen molar-refractivity contribution in [3.05, 3.63) is 26.8 Å². The molecule has 0 atom stereocenters. The van der Waals surface area contributed by atoms with E-state index in [4.69, 9.17) is 5.73 Å². The Kier molecular flexibility index (Phi) is 3.41. The van der Waals surface area contributed by atoms with Crippen molar-refractivity contribution in [2.45, 2.75) is 13.3 Å². The van der Waals surface area contributed by atoms with Gasteiger partial charge in [-0.1, -0.05) is 0 Å². The van der Waals surface area contributed by atoms with Crippen LogP contribution in [0.4, 0.5) is 14.5 Å². The van der Waals surface area contributed by atoms with E-state index in [1.54, 1.807) is 22.6 Å². The molecule has 1 aromatic carbocycles. The molecule has 0 unspecified atom stereocenters. The van der Waals surface area contributed by atoms with Gasteiger partial charge in [-0.05, 0) is 41.6 Å². The van der Waals surface area contributed by atoms with Crippen molar-refractivity contribution >= 4 is 34.1 Å². The molecule has 0 fully saturated rings. The molecule has 0 bridgehead atoms. The molecule has 0 aliphatic carbocycles. The second-order valence-electron chi connectivity index (χ2n) is 2.82. The number of ketones is 1. The first-order valence-electron chi connectivity index (χ1n) is 3.81. The normalized spacial score (nSPS) is 10.6. The highest BCUT2D eigenvalue weighted by Gasteiger charge is 2.15. The highest BCUT2D eigenvalue weighted by Crippen LogP contribution is 2.28. The maximum absolute atomic E-state index is 12.4. The lowest BCUT2D eigenvalue weighted by atomic mass is 10.1. The summed E-state index contributed by atoms with van der Waals surface area (Å²) in [5.41, 5.74) is 5.77. The number of Topliss-reactive ketones (excluding diaryl/α,β-unsaturated/α-hetero) is 1. The molecule has 5 heteroatoms. The summed E-state index contributed by atoms with van der Waals surface area (Å²) in [6.07, 6.45) is -2.58. The molecule has 0 aromatic heterocycles. The zero-order chi connectivity index (χ0) is 10.9. The van der Waals surface area contributed by atoms with Gasteiger partial charge in [-0.2, -0.15) is 0 Å². The van der Waals surface area contributed by atoms with Crippen LogP contribution in [0, 0.1) is 3.57 Å². The molecular weight excluding hydrogens is 303 g/mol. The lowest BCUT2D eigenvalue weighted by Gasteiger charge is -2.08. The Bertz CT molecular complexity index is 379. The topological polar surface area (TPSA) is 43.1 Å². The van der Waals surface area contributed by atoms with Gasteiger partial charge in [0.05, 0.1) is 0 Å². The van der Waals surface area contributed by atoms with Gasteiger partial charge in [-0.15, -0.1) is 0 Å². The fourth-order valence-electron chi connectivity index (χ4n) is 1.08. The number of rotatable bonds is 2. The maximum atomic E-state index is 12.4. The van der Waals surface area contributed by atoms with Crippen molar-refractivity contribution in [3.8, 4) is 0 Å². The molecule has 0 aliphatic rings. The summed E-state index contributed by atoms with van der Waals surface area (Å²) in [7, 11) is 0. The summed E-state index contributed by atoms with van der Waals surface area (Å²) in [6.45, 7) is 1.30. The van der Waals surface area contributed by atoms with Gasteiger partial charge in [-0.25, -0.2) is 8.78 Å². The first kappa shape index (κ1) is 11.4. The Labute approximate surface area is 93.6 Å². The number of hydrogen-bond acceptors (Lipinski definition) is 2. The van der Waals surface area contributed by atoms with Crippen LogP contribution in [-0.2, 0) is 0 Å². The minimum Gasteiger partial charge on any atom is -0.398 e. The van der Waals surface area contributed by atoms with Crippen molar-refractivity contribution < 1.29 is 13.6 Å². The van der Waals surface area contributed by atoms with Crippen LogP contribution in [-0.4, -0.2) is 5.78 Å². The van der Waals surface area contributed by atoms with Crippen molar-refractivity contribution in [2.24, 2.45) is 0 Å². The predicted octanol–water partition coefficient (Wildman–Crippen LogP) is 3.01. The summed E-state index contributed by atoms with van der Waals surface area (Å²) in [6, 6.07) is 2.54. The number of anilines is 1. The first-order chi connectivity index (χ1) is 6.43. The minimum absolute atomic E-state index is 0.148. The molecule has 14 heavy (non-hydrogen) atoms. The predicted molar refractivity (Wildman–Crippen MR) is 58.5 cm³/mol. The summed E-state index contributed by atoms with van der Waals surface area (Å²) in [4.78, 5) is 11.0. The zero-order valence-corrected chi connectivity index (χ0v) is 9.51. The maximum Gasteiger partial charge on any atom is 0.264 e. The van der Waals surface area contributed by atoms with E-state index >= 15 is 0 Å². The third kappa shape index (κ3) is 2.20.